The number of alkyl carbamates (subject to hydrolysis) is 1. The van der Waals surface area contributed by atoms with E-state index in [1.165, 1.54) is 51.4 Å². The zero-order valence-corrected chi connectivity index (χ0v) is 40.5. The molecule has 1 aliphatic heterocycles. The molecule has 5 aliphatic rings. The number of rotatable bonds is 21. The number of ether oxygens (including phenoxy) is 1. The molecule has 2 amide bonds. The number of hydrogen-bond acceptors (Lipinski definition) is 6. The number of hydrogen-bond donors (Lipinski definition) is 1. The van der Waals surface area contributed by atoms with Crippen LogP contribution >= 0.6 is 8.53 Å². The molecular weight excluding hydrogens is 768 g/mol. The zero-order chi connectivity index (χ0) is 44.4. The first-order valence-electron chi connectivity index (χ1n) is 25.2. The molecule has 0 aromatic carbocycles. The summed E-state index contributed by atoms with van der Waals surface area (Å²) in [4.78, 5) is 31.5. The number of likely N-dealkylation sites (tertiary alicyclic amines) is 1. The lowest BCUT2D eigenvalue weighted by molar-refractivity contribution is -0.133. The third kappa shape index (κ3) is 12.3. The van der Waals surface area contributed by atoms with E-state index in [0.29, 0.717) is 51.2 Å². The topological polar surface area (TPSA) is 84.7 Å². The summed E-state index contributed by atoms with van der Waals surface area (Å²) in [7, 11) is -1.35. The van der Waals surface area contributed by atoms with E-state index in [2.05, 4.69) is 83.2 Å². The predicted octanol–water partition coefficient (Wildman–Crippen LogP) is 12.6. The van der Waals surface area contributed by atoms with Gasteiger partial charge in [0, 0.05) is 45.9 Å². The lowest BCUT2D eigenvalue weighted by Crippen LogP contribution is -2.51. The average molecular weight is 856 g/mol. The van der Waals surface area contributed by atoms with Crippen LogP contribution in [0.15, 0.2) is 11.6 Å². The van der Waals surface area contributed by atoms with Crippen LogP contribution in [0.1, 0.15) is 180 Å². The van der Waals surface area contributed by atoms with Gasteiger partial charge < -0.3 is 28.8 Å². The van der Waals surface area contributed by atoms with Crippen molar-refractivity contribution in [2.24, 2.45) is 51.8 Å². The van der Waals surface area contributed by atoms with Gasteiger partial charge in [-0.1, -0.05) is 78.9 Å². The molecule has 10 heteroatoms. The lowest BCUT2D eigenvalue weighted by Gasteiger charge is -2.58. The van der Waals surface area contributed by atoms with Crippen LogP contribution in [0.2, 0.25) is 0 Å². The van der Waals surface area contributed by atoms with Gasteiger partial charge in [0.25, 0.3) is 8.53 Å². The highest BCUT2D eigenvalue weighted by molar-refractivity contribution is 7.44. The molecule has 3 saturated carbocycles. The SMILES string of the molecule is [2H]CC1(COP(OCC[N+]#[C-])N(C(C)C)C(C)C)CCN(C(=O)CCCCCNC(=O)O[C@H]2CC[C@@]3(C)C(=CC[C@H]4[C@@H]5CC[C@H]([C@H](C)CCCC(C)C)[C@@]5(C)CC[C@@H]43)C2)CC1. The van der Waals surface area contributed by atoms with Gasteiger partial charge in [0.2, 0.25) is 12.5 Å². The molecule has 60 heavy (non-hydrogen) atoms. The molecule has 1 saturated heterocycles. The number of nitrogens with zero attached hydrogens (tertiary/aromatic N) is 3. The molecule has 5 rings (SSSR count). The van der Waals surface area contributed by atoms with Gasteiger partial charge in [0.1, 0.15) is 12.7 Å². The summed E-state index contributed by atoms with van der Waals surface area (Å²) in [5.41, 5.74) is 2.00. The summed E-state index contributed by atoms with van der Waals surface area (Å²) in [5.74, 6) is 5.13. The van der Waals surface area contributed by atoms with Crippen molar-refractivity contribution in [3.63, 3.8) is 0 Å². The summed E-state index contributed by atoms with van der Waals surface area (Å²) in [6.07, 6.45) is 20.6. The first kappa shape index (κ1) is 47.8. The van der Waals surface area contributed by atoms with Gasteiger partial charge in [-0.3, -0.25) is 4.79 Å². The number of unbranched alkanes of at least 4 members (excludes halogenated alkanes) is 2. The van der Waals surface area contributed by atoms with Crippen LogP contribution < -0.4 is 5.32 Å². The van der Waals surface area contributed by atoms with Crippen molar-refractivity contribution in [1.29, 1.82) is 0 Å². The Morgan fingerprint density at radius 3 is 2.38 bits per heavy atom. The maximum absolute atomic E-state index is 13.2. The van der Waals surface area contributed by atoms with E-state index in [9.17, 15) is 9.59 Å². The predicted molar refractivity (Wildman–Crippen MR) is 246 cm³/mol. The molecule has 4 fully saturated rings. The fraction of sp³-hybridized carbons (Fsp3) is 0.900. The molecule has 342 valence electrons. The minimum Gasteiger partial charge on any atom is -0.446 e. The standard InChI is InChI=1S/C50H87N4O5P/c1-36(2)16-15-17-39(7)43-21-22-44-42-20-19-40-34-41(23-25-49(40,9)45(42)24-26-50(43,44)10)59-47(56)52-29-14-12-13-18-46(55)53-31-27-48(8,28-32-53)35-58-60(57-33-30-51-11)54(37(3)4)38(5)6/h19,36-39,41-45H,12-18,20-35H2,1-10H3,(H,52,56)/t39-,41+,42+,43-,44+,45+,49+,50-,60?/m1/s1/i8D. The Kier molecular flexibility index (Phi) is 17.7. The maximum atomic E-state index is 13.2. The number of piperidine rings is 1. The summed E-state index contributed by atoms with van der Waals surface area (Å²) in [6, 6.07) is 0.452. The van der Waals surface area contributed by atoms with Crippen LogP contribution in [0, 0.1) is 58.3 Å². The van der Waals surface area contributed by atoms with E-state index < -0.39 is 8.53 Å². The number of nitrogens with one attached hydrogen (secondary N) is 1. The minimum atomic E-state index is -1.35. The number of carbonyl (C=O) groups is 2. The fourth-order valence-electron chi connectivity index (χ4n) is 12.7. The summed E-state index contributed by atoms with van der Waals surface area (Å²) in [5, 5.41) is 3.01. The van der Waals surface area contributed by atoms with Crippen molar-refractivity contribution >= 4 is 20.5 Å². The largest absolute Gasteiger partial charge is 0.446 e. The van der Waals surface area contributed by atoms with Crippen molar-refractivity contribution in [3.05, 3.63) is 23.1 Å². The van der Waals surface area contributed by atoms with E-state index in [0.717, 1.165) is 86.9 Å². The molecule has 0 aromatic rings. The summed E-state index contributed by atoms with van der Waals surface area (Å²) in [6.45, 7) is 31.3. The Bertz CT molecular complexity index is 1470. The highest BCUT2D eigenvalue weighted by Gasteiger charge is 2.59. The second-order valence-electron chi connectivity index (χ2n) is 21.5. The van der Waals surface area contributed by atoms with Gasteiger partial charge in [-0.05, 0) is 150 Å². The normalized spacial score (nSPS) is 31.2. The third-order valence-corrected chi connectivity index (χ3v) is 18.2. The summed E-state index contributed by atoms with van der Waals surface area (Å²) >= 11 is 0. The quantitative estimate of drug-likeness (QED) is 0.0536. The smallest absolute Gasteiger partial charge is 0.407 e. The molecule has 4 aliphatic carbocycles. The second kappa shape index (κ2) is 22.3. The molecule has 1 heterocycles. The number of carbonyl (C=O) groups excluding carboxylic acids is 2. The van der Waals surface area contributed by atoms with Crippen LogP contribution in [-0.4, -0.2) is 79.2 Å². The highest BCUT2D eigenvalue weighted by atomic mass is 31.2. The Morgan fingerprint density at radius 1 is 0.950 bits per heavy atom. The Balaban J connectivity index is 0.980. The van der Waals surface area contributed by atoms with Gasteiger partial charge in [-0.15, -0.1) is 0 Å². The van der Waals surface area contributed by atoms with Crippen molar-refractivity contribution in [2.75, 3.05) is 39.4 Å². The van der Waals surface area contributed by atoms with Crippen molar-refractivity contribution in [1.82, 2.24) is 14.9 Å². The molecule has 0 radical (unpaired) electrons. The maximum Gasteiger partial charge on any atom is 0.407 e. The van der Waals surface area contributed by atoms with E-state index >= 15 is 0 Å². The second-order valence-corrected chi connectivity index (χ2v) is 22.9. The highest BCUT2D eigenvalue weighted by Crippen LogP contribution is 2.67. The van der Waals surface area contributed by atoms with Crippen LogP contribution in [0.5, 0.6) is 0 Å². The molecular formula is C50H87N4O5P. The first-order valence-corrected chi connectivity index (χ1v) is 25.6. The van der Waals surface area contributed by atoms with E-state index in [1.807, 2.05) is 4.90 Å². The van der Waals surface area contributed by atoms with E-state index in [4.69, 9.17) is 21.7 Å². The number of amides is 2. The van der Waals surface area contributed by atoms with Crippen LogP contribution in [0.25, 0.3) is 4.85 Å². The molecule has 0 spiro atoms. The van der Waals surface area contributed by atoms with Crippen molar-refractivity contribution < 1.29 is 24.7 Å². The number of allylic oxidation sites excluding steroid dienone is 1. The third-order valence-electron chi connectivity index (χ3n) is 16.2. The lowest BCUT2D eigenvalue weighted by atomic mass is 9.47. The van der Waals surface area contributed by atoms with E-state index in [1.54, 1.807) is 5.57 Å². The average Bonchev–Trinajstić information content (AvgIpc) is 3.58. The van der Waals surface area contributed by atoms with Crippen LogP contribution in [0.3, 0.4) is 0 Å². The Morgan fingerprint density at radius 2 is 1.70 bits per heavy atom. The summed E-state index contributed by atoms with van der Waals surface area (Å²) < 4.78 is 29.2. The molecule has 9 nitrogen and oxygen atoms in total. The van der Waals surface area contributed by atoms with Gasteiger partial charge in [-0.2, -0.15) is 0 Å². The van der Waals surface area contributed by atoms with Crippen LogP contribution in [0.4, 0.5) is 4.79 Å². The first-order chi connectivity index (χ1) is 29.1. The monoisotopic (exact) mass is 856 g/mol. The number of fused-ring (bicyclic) bond motifs is 5. The molecule has 9 atom stereocenters. The van der Waals surface area contributed by atoms with Crippen molar-refractivity contribution in [3.8, 4) is 0 Å². The molecule has 0 aromatic heterocycles. The van der Waals surface area contributed by atoms with Gasteiger partial charge in [-0.25, -0.2) is 16.0 Å². The molecule has 1 unspecified atom stereocenters. The van der Waals surface area contributed by atoms with Gasteiger partial charge >= 0.3 is 6.09 Å². The Labute approximate surface area is 369 Å². The molecule has 1 N–H and O–H groups in total. The van der Waals surface area contributed by atoms with E-state index in [-0.39, 0.29) is 47.9 Å². The van der Waals surface area contributed by atoms with Crippen molar-refractivity contribution in [2.45, 2.75) is 197 Å². The fourth-order valence-corrected chi connectivity index (χ4v) is 14.5. The van der Waals surface area contributed by atoms with Gasteiger partial charge in [0.05, 0.1) is 6.61 Å². The minimum absolute atomic E-state index is 0.0456. The van der Waals surface area contributed by atoms with Gasteiger partial charge in [0.15, 0.2) is 0 Å². The van der Waals surface area contributed by atoms with Crippen LogP contribution in [-0.2, 0) is 18.6 Å². The molecule has 0 bridgehead atoms. The Hall–Kier alpha value is -1.72. The zero-order valence-electron chi connectivity index (χ0n) is 40.6.